The van der Waals surface area contributed by atoms with Crippen LogP contribution in [0.15, 0.2) is 22.6 Å². The van der Waals surface area contributed by atoms with Crippen molar-refractivity contribution in [1.29, 1.82) is 0 Å². The Balaban J connectivity index is 2.38. The van der Waals surface area contributed by atoms with Crippen molar-refractivity contribution >= 4 is 29.2 Å². The van der Waals surface area contributed by atoms with Crippen molar-refractivity contribution in [1.82, 2.24) is 10.2 Å². The molecule has 0 fully saturated rings. The van der Waals surface area contributed by atoms with Crippen LogP contribution in [0.4, 0.5) is 0 Å². The maximum Gasteiger partial charge on any atom is 0.396 e. The number of aromatic nitrogens is 2. The quantitative estimate of drug-likeness (QED) is 0.811. The molecule has 0 saturated carbocycles. The monoisotopic (exact) mass is 286 g/mol. The molecule has 0 saturated heterocycles. The molecule has 0 bridgehead atoms. The summed E-state index contributed by atoms with van der Waals surface area (Å²) < 4.78 is 9.92. The molecule has 2 rings (SSSR count). The number of halogens is 2. The minimum Gasteiger partial charge on any atom is -0.459 e. The van der Waals surface area contributed by atoms with Gasteiger partial charge < -0.3 is 9.15 Å². The number of rotatable bonds is 3. The third-order valence-electron chi connectivity index (χ3n) is 2.05. The minimum atomic E-state index is -0.681. The maximum atomic E-state index is 11.4. The van der Waals surface area contributed by atoms with Crippen LogP contribution in [-0.2, 0) is 4.74 Å². The molecule has 0 spiro atoms. The largest absolute Gasteiger partial charge is 0.459 e. The first-order valence-electron chi connectivity index (χ1n) is 5.08. The highest BCUT2D eigenvalue weighted by Gasteiger charge is 2.19. The SMILES string of the molecule is CCOC(=O)c1nnc(-c2c(Cl)cccc2Cl)o1. The van der Waals surface area contributed by atoms with Crippen LogP contribution in [0.5, 0.6) is 0 Å². The predicted octanol–water partition coefficient (Wildman–Crippen LogP) is 3.22. The highest BCUT2D eigenvalue weighted by atomic mass is 35.5. The first kappa shape index (κ1) is 12.9. The van der Waals surface area contributed by atoms with Crippen LogP contribution in [0.3, 0.4) is 0 Å². The number of esters is 1. The highest BCUT2D eigenvalue weighted by molar-refractivity contribution is 6.38. The van der Waals surface area contributed by atoms with E-state index in [-0.39, 0.29) is 18.4 Å². The van der Waals surface area contributed by atoms with Gasteiger partial charge in [0.2, 0.25) is 0 Å². The zero-order valence-corrected chi connectivity index (χ0v) is 10.8. The summed E-state index contributed by atoms with van der Waals surface area (Å²) >= 11 is 12.0. The minimum absolute atomic E-state index is 0.0775. The fraction of sp³-hybridized carbons (Fsp3) is 0.182. The lowest BCUT2D eigenvalue weighted by atomic mass is 10.2. The molecule has 18 heavy (non-hydrogen) atoms. The molecule has 0 aliphatic heterocycles. The highest BCUT2D eigenvalue weighted by Crippen LogP contribution is 2.33. The van der Waals surface area contributed by atoms with Crippen LogP contribution < -0.4 is 0 Å². The topological polar surface area (TPSA) is 65.2 Å². The van der Waals surface area contributed by atoms with Crippen molar-refractivity contribution in [2.45, 2.75) is 6.92 Å². The van der Waals surface area contributed by atoms with E-state index in [1.807, 2.05) is 0 Å². The number of hydrogen-bond donors (Lipinski definition) is 0. The van der Waals surface area contributed by atoms with Gasteiger partial charge in [0.1, 0.15) is 0 Å². The summed E-state index contributed by atoms with van der Waals surface area (Å²) in [4.78, 5) is 11.4. The van der Waals surface area contributed by atoms with E-state index < -0.39 is 5.97 Å². The third kappa shape index (κ3) is 2.47. The van der Waals surface area contributed by atoms with Gasteiger partial charge in [0, 0.05) is 0 Å². The molecular weight excluding hydrogens is 279 g/mol. The molecule has 1 aromatic carbocycles. The van der Waals surface area contributed by atoms with Gasteiger partial charge in [-0.1, -0.05) is 29.3 Å². The smallest absolute Gasteiger partial charge is 0.396 e. The molecule has 0 amide bonds. The van der Waals surface area contributed by atoms with Crippen LogP contribution >= 0.6 is 23.2 Å². The van der Waals surface area contributed by atoms with Crippen molar-refractivity contribution in [2.24, 2.45) is 0 Å². The van der Waals surface area contributed by atoms with Crippen molar-refractivity contribution in [3.8, 4) is 11.5 Å². The maximum absolute atomic E-state index is 11.4. The Hall–Kier alpha value is -1.59. The number of hydrogen-bond acceptors (Lipinski definition) is 5. The van der Waals surface area contributed by atoms with Crippen molar-refractivity contribution < 1.29 is 13.9 Å². The van der Waals surface area contributed by atoms with Crippen LogP contribution in [-0.4, -0.2) is 22.8 Å². The van der Waals surface area contributed by atoms with Crippen molar-refractivity contribution in [3.05, 3.63) is 34.1 Å². The van der Waals surface area contributed by atoms with E-state index in [1.165, 1.54) is 0 Å². The van der Waals surface area contributed by atoms with Gasteiger partial charge in [0.05, 0.1) is 22.2 Å². The summed E-state index contributed by atoms with van der Waals surface area (Å²) in [6.45, 7) is 1.91. The first-order valence-corrected chi connectivity index (χ1v) is 5.84. The molecule has 1 aromatic heterocycles. The molecule has 0 unspecified atom stereocenters. The zero-order valence-electron chi connectivity index (χ0n) is 9.31. The van der Waals surface area contributed by atoms with Gasteiger partial charge in [-0.3, -0.25) is 0 Å². The molecule has 0 atom stereocenters. The van der Waals surface area contributed by atoms with Crippen molar-refractivity contribution in [2.75, 3.05) is 6.61 Å². The second kappa shape index (κ2) is 5.37. The summed E-state index contributed by atoms with van der Waals surface area (Å²) in [7, 11) is 0. The Morgan fingerprint density at radius 2 is 2.00 bits per heavy atom. The lowest BCUT2D eigenvalue weighted by Crippen LogP contribution is -2.04. The summed E-state index contributed by atoms with van der Waals surface area (Å²) in [6, 6.07) is 4.96. The van der Waals surface area contributed by atoms with Crippen LogP contribution in [0, 0.1) is 0 Å². The normalized spacial score (nSPS) is 10.4. The molecule has 5 nitrogen and oxygen atoms in total. The van der Waals surface area contributed by atoms with Gasteiger partial charge in [-0.05, 0) is 19.1 Å². The van der Waals surface area contributed by atoms with Gasteiger partial charge in [-0.2, -0.15) is 0 Å². The Bertz CT molecular complexity index is 563. The van der Waals surface area contributed by atoms with Gasteiger partial charge >= 0.3 is 11.9 Å². The molecule has 0 aliphatic rings. The molecule has 0 radical (unpaired) electrons. The summed E-state index contributed by atoms with van der Waals surface area (Å²) in [5, 5.41) is 8.03. The van der Waals surface area contributed by atoms with E-state index in [4.69, 9.17) is 32.4 Å². The van der Waals surface area contributed by atoms with E-state index in [0.29, 0.717) is 15.6 Å². The standard InChI is InChI=1S/C11H8Cl2N2O3/c1-2-17-11(16)10-15-14-9(18-10)8-6(12)4-3-5-7(8)13/h3-5H,2H2,1H3. The molecule has 1 heterocycles. The molecule has 0 N–H and O–H groups in total. The van der Waals surface area contributed by atoms with Crippen LogP contribution in [0.1, 0.15) is 17.6 Å². The summed E-state index contributed by atoms with van der Waals surface area (Å²) in [6.07, 6.45) is 0. The van der Waals surface area contributed by atoms with E-state index in [2.05, 4.69) is 10.2 Å². The van der Waals surface area contributed by atoms with Crippen molar-refractivity contribution in [3.63, 3.8) is 0 Å². The average molecular weight is 287 g/mol. The molecule has 7 heteroatoms. The fourth-order valence-corrected chi connectivity index (χ4v) is 1.86. The lowest BCUT2D eigenvalue weighted by Gasteiger charge is -2.00. The predicted molar refractivity (Wildman–Crippen MR) is 65.7 cm³/mol. The lowest BCUT2D eigenvalue weighted by molar-refractivity contribution is 0.0481. The van der Waals surface area contributed by atoms with Gasteiger partial charge in [0.15, 0.2) is 0 Å². The first-order chi connectivity index (χ1) is 8.63. The third-order valence-corrected chi connectivity index (χ3v) is 2.68. The van der Waals surface area contributed by atoms with E-state index in [0.717, 1.165) is 0 Å². The Morgan fingerprint density at radius 3 is 2.61 bits per heavy atom. The summed E-state index contributed by atoms with van der Waals surface area (Å²) in [5.74, 6) is -0.837. The average Bonchev–Trinajstić information content (AvgIpc) is 2.78. The molecule has 94 valence electrons. The van der Waals surface area contributed by atoms with Gasteiger partial charge in [-0.15, -0.1) is 10.2 Å². The van der Waals surface area contributed by atoms with Gasteiger partial charge in [0.25, 0.3) is 5.89 Å². The number of nitrogens with zero attached hydrogens (tertiary/aromatic N) is 2. The molecular formula is C11H8Cl2N2O3. The van der Waals surface area contributed by atoms with Crippen LogP contribution in [0.2, 0.25) is 10.0 Å². The zero-order chi connectivity index (χ0) is 13.1. The van der Waals surface area contributed by atoms with E-state index in [1.54, 1.807) is 25.1 Å². The number of carbonyl (C=O) groups is 1. The van der Waals surface area contributed by atoms with E-state index in [9.17, 15) is 4.79 Å². The number of benzene rings is 1. The summed E-state index contributed by atoms with van der Waals surface area (Å²) in [5.41, 5.74) is 0.392. The number of carbonyl (C=O) groups excluding carboxylic acids is 1. The van der Waals surface area contributed by atoms with Gasteiger partial charge in [-0.25, -0.2) is 4.79 Å². The Labute approximate surface area is 113 Å². The Kier molecular flexibility index (Phi) is 3.84. The molecule has 2 aromatic rings. The second-order valence-corrected chi connectivity index (χ2v) is 4.04. The van der Waals surface area contributed by atoms with Crippen LogP contribution in [0.25, 0.3) is 11.5 Å². The number of ether oxygens (including phenoxy) is 1. The fourth-order valence-electron chi connectivity index (χ4n) is 1.30. The molecule has 0 aliphatic carbocycles. The second-order valence-electron chi connectivity index (χ2n) is 3.23. The van der Waals surface area contributed by atoms with E-state index >= 15 is 0 Å². The Morgan fingerprint density at radius 1 is 1.33 bits per heavy atom.